The SMILES string of the molecule is O=c1ccc(-c2cccnc2)nn1CC1CN(CCc2ccc3c(c2)CCO3)C1. The lowest BCUT2D eigenvalue weighted by Gasteiger charge is -2.39. The molecular formula is C23H24N4O2. The molecular weight excluding hydrogens is 364 g/mol. The molecule has 0 radical (unpaired) electrons. The summed E-state index contributed by atoms with van der Waals surface area (Å²) in [6, 6.07) is 13.8. The van der Waals surface area contributed by atoms with Crippen molar-refractivity contribution in [1.82, 2.24) is 19.7 Å². The van der Waals surface area contributed by atoms with Crippen molar-refractivity contribution < 1.29 is 4.74 Å². The maximum absolute atomic E-state index is 12.2. The maximum atomic E-state index is 12.2. The molecule has 0 amide bonds. The van der Waals surface area contributed by atoms with Gasteiger partial charge < -0.3 is 9.64 Å². The molecule has 4 heterocycles. The predicted octanol–water partition coefficient (Wildman–Crippen LogP) is 2.41. The second kappa shape index (κ2) is 7.79. The molecule has 5 rings (SSSR count). The fourth-order valence-electron chi connectivity index (χ4n) is 4.15. The minimum absolute atomic E-state index is 0.0450. The first kappa shape index (κ1) is 18.1. The first-order valence-electron chi connectivity index (χ1n) is 10.2. The van der Waals surface area contributed by atoms with Crippen LogP contribution in [0.1, 0.15) is 11.1 Å². The summed E-state index contributed by atoms with van der Waals surface area (Å²) < 4.78 is 7.18. The topological polar surface area (TPSA) is 60.2 Å². The Balaban J connectivity index is 1.15. The lowest BCUT2D eigenvalue weighted by Crippen LogP contribution is -2.50. The van der Waals surface area contributed by atoms with Crippen LogP contribution in [0.4, 0.5) is 0 Å². The number of hydrogen-bond donors (Lipinski definition) is 0. The lowest BCUT2D eigenvalue weighted by atomic mass is 9.98. The molecule has 6 nitrogen and oxygen atoms in total. The Bertz CT molecular complexity index is 1060. The van der Waals surface area contributed by atoms with Gasteiger partial charge in [-0.15, -0.1) is 0 Å². The largest absolute Gasteiger partial charge is 0.493 e. The molecule has 2 aliphatic rings. The molecule has 2 aromatic heterocycles. The highest BCUT2D eigenvalue weighted by Gasteiger charge is 2.27. The Labute approximate surface area is 169 Å². The third-order valence-corrected chi connectivity index (χ3v) is 5.76. The molecule has 0 unspecified atom stereocenters. The van der Waals surface area contributed by atoms with Gasteiger partial charge in [0.1, 0.15) is 5.75 Å². The van der Waals surface area contributed by atoms with E-state index in [-0.39, 0.29) is 5.56 Å². The normalized spacial score (nSPS) is 16.3. The standard InChI is InChI=1S/C23H24N4O2/c28-23-6-4-21(20-2-1-9-24-13-20)25-27(23)16-18-14-26(15-18)10-7-17-3-5-22-19(12-17)8-11-29-22/h1-6,9,12-13,18H,7-8,10-11,14-16H2. The molecule has 0 spiro atoms. The van der Waals surface area contributed by atoms with E-state index in [0.29, 0.717) is 12.5 Å². The summed E-state index contributed by atoms with van der Waals surface area (Å²) in [7, 11) is 0. The molecule has 148 valence electrons. The highest BCUT2D eigenvalue weighted by Crippen LogP contribution is 2.26. The van der Waals surface area contributed by atoms with E-state index in [2.05, 4.69) is 33.2 Å². The summed E-state index contributed by atoms with van der Waals surface area (Å²) in [5, 5.41) is 4.55. The Hall–Kier alpha value is -2.99. The van der Waals surface area contributed by atoms with Crippen LogP contribution in [0.3, 0.4) is 0 Å². The molecule has 2 aliphatic heterocycles. The van der Waals surface area contributed by atoms with E-state index < -0.39 is 0 Å². The number of likely N-dealkylation sites (tertiary alicyclic amines) is 1. The summed E-state index contributed by atoms with van der Waals surface area (Å²) in [5.74, 6) is 1.52. The summed E-state index contributed by atoms with van der Waals surface area (Å²) in [6.07, 6.45) is 5.58. The van der Waals surface area contributed by atoms with Gasteiger partial charge in [-0.05, 0) is 41.8 Å². The van der Waals surface area contributed by atoms with Crippen LogP contribution in [0, 0.1) is 5.92 Å². The Kier molecular flexibility index (Phi) is 4.86. The van der Waals surface area contributed by atoms with Gasteiger partial charge in [0.25, 0.3) is 5.56 Å². The molecule has 0 N–H and O–H groups in total. The Morgan fingerprint density at radius 2 is 2.07 bits per heavy atom. The number of rotatable bonds is 6. The van der Waals surface area contributed by atoms with Crippen LogP contribution >= 0.6 is 0 Å². The second-order valence-electron chi connectivity index (χ2n) is 7.90. The number of aromatic nitrogens is 3. The molecule has 0 atom stereocenters. The van der Waals surface area contributed by atoms with Crippen LogP contribution in [0.15, 0.2) is 59.7 Å². The molecule has 0 saturated carbocycles. The molecule has 3 aromatic rings. The highest BCUT2D eigenvalue weighted by atomic mass is 16.5. The van der Waals surface area contributed by atoms with Crippen LogP contribution in [0.25, 0.3) is 11.3 Å². The van der Waals surface area contributed by atoms with E-state index >= 15 is 0 Å². The van der Waals surface area contributed by atoms with Crippen molar-refractivity contribution in [3.63, 3.8) is 0 Å². The van der Waals surface area contributed by atoms with Crippen molar-refractivity contribution in [3.8, 4) is 17.0 Å². The highest BCUT2D eigenvalue weighted by molar-refractivity contribution is 5.56. The summed E-state index contributed by atoms with van der Waals surface area (Å²) in [6.45, 7) is 4.55. The van der Waals surface area contributed by atoms with E-state index in [1.165, 1.54) is 11.1 Å². The molecule has 0 bridgehead atoms. The third kappa shape index (κ3) is 3.93. The first-order chi connectivity index (χ1) is 14.2. The summed E-state index contributed by atoms with van der Waals surface area (Å²) >= 11 is 0. The van der Waals surface area contributed by atoms with E-state index in [0.717, 1.165) is 56.1 Å². The van der Waals surface area contributed by atoms with Gasteiger partial charge in [-0.25, -0.2) is 4.68 Å². The second-order valence-corrected chi connectivity index (χ2v) is 7.90. The molecule has 29 heavy (non-hydrogen) atoms. The van der Waals surface area contributed by atoms with E-state index in [1.54, 1.807) is 29.2 Å². The average molecular weight is 388 g/mol. The average Bonchev–Trinajstić information content (AvgIpc) is 3.19. The van der Waals surface area contributed by atoms with Gasteiger partial charge in [-0.1, -0.05) is 12.1 Å². The Morgan fingerprint density at radius 1 is 1.14 bits per heavy atom. The van der Waals surface area contributed by atoms with Crippen molar-refractivity contribution in [3.05, 3.63) is 76.3 Å². The van der Waals surface area contributed by atoms with Gasteiger partial charge >= 0.3 is 0 Å². The van der Waals surface area contributed by atoms with E-state index in [4.69, 9.17) is 4.74 Å². The number of fused-ring (bicyclic) bond motifs is 1. The van der Waals surface area contributed by atoms with Crippen LogP contribution in [-0.2, 0) is 19.4 Å². The fourth-order valence-corrected chi connectivity index (χ4v) is 4.15. The monoisotopic (exact) mass is 388 g/mol. The van der Waals surface area contributed by atoms with Crippen LogP contribution < -0.4 is 10.3 Å². The van der Waals surface area contributed by atoms with Crippen LogP contribution in [-0.4, -0.2) is 45.9 Å². The van der Waals surface area contributed by atoms with Gasteiger partial charge in [0, 0.05) is 56.0 Å². The minimum Gasteiger partial charge on any atom is -0.493 e. The van der Waals surface area contributed by atoms with Gasteiger partial charge in [-0.3, -0.25) is 9.78 Å². The van der Waals surface area contributed by atoms with Gasteiger partial charge in [0.15, 0.2) is 0 Å². The van der Waals surface area contributed by atoms with Crippen LogP contribution in [0.2, 0.25) is 0 Å². The van der Waals surface area contributed by atoms with Crippen LogP contribution in [0.5, 0.6) is 5.75 Å². The fraction of sp³-hybridized carbons (Fsp3) is 0.348. The third-order valence-electron chi connectivity index (χ3n) is 5.76. The first-order valence-corrected chi connectivity index (χ1v) is 10.2. The smallest absolute Gasteiger partial charge is 0.266 e. The van der Waals surface area contributed by atoms with Crippen molar-refractivity contribution in [2.24, 2.45) is 5.92 Å². The lowest BCUT2D eigenvalue weighted by molar-refractivity contribution is 0.0857. The molecule has 1 fully saturated rings. The number of hydrogen-bond acceptors (Lipinski definition) is 5. The quantitative estimate of drug-likeness (QED) is 0.649. The summed E-state index contributed by atoms with van der Waals surface area (Å²) in [4.78, 5) is 18.8. The zero-order chi connectivity index (χ0) is 19.6. The number of nitrogens with zero attached hydrogens (tertiary/aromatic N) is 4. The van der Waals surface area contributed by atoms with Gasteiger partial charge in [0.05, 0.1) is 18.8 Å². The van der Waals surface area contributed by atoms with Gasteiger partial charge in [0.2, 0.25) is 0 Å². The Morgan fingerprint density at radius 3 is 2.93 bits per heavy atom. The zero-order valence-electron chi connectivity index (χ0n) is 16.3. The van der Waals surface area contributed by atoms with Crippen molar-refractivity contribution in [1.29, 1.82) is 0 Å². The van der Waals surface area contributed by atoms with E-state index in [9.17, 15) is 4.79 Å². The number of pyridine rings is 1. The van der Waals surface area contributed by atoms with Crippen molar-refractivity contribution in [2.45, 2.75) is 19.4 Å². The van der Waals surface area contributed by atoms with Crippen molar-refractivity contribution >= 4 is 0 Å². The van der Waals surface area contributed by atoms with E-state index in [1.807, 2.05) is 12.1 Å². The van der Waals surface area contributed by atoms with Crippen molar-refractivity contribution in [2.75, 3.05) is 26.2 Å². The zero-order valence-corrected chi connectivity index (χ0v) is 16.3. The molecule has 6 heteroatoms. The summed E-state index contributed by atoms with van der Waals surface area (Å²) in [5.41, 5.74) is 4.38. The van der Waals surface area contributed by atoms with Gasteiger partial charge in [-0.2, -0.15) is 5.10 Å². The molecule has 1 saturated heterocycles. The maximum Gasteiger partial charge on any atom is 0.266 e. The molecule has 0 aliphatic carbocycles. The number of benzene rings is 1. The molecule has 1 aromatic carbocycles. The number of ether oxygens (including phenoxy) is 1. The predicted molar refractivity (Wildman–Crippen MR) is 111 cm³/mol. The minimum atomic E-state index is -0.0450.